The molecule has 1 rings (SSSR count). The summed E-state index contributed by atoms with van der Waals surface area (Å²) in [5, 5.41) is 12.1. The Hall–Kier alpha value is -1.84. The molecular formula is C19H29NO3. The van der Waals surface area contributed by atoms with Crippen LogP contribution < -0.4 is 5.32 Å². The predicted octanol–water partition coefficient (Wildman–Crippen LogP) is 3.57. The number of aryl methyl sites for hydroxylation is 1. The zero-order valence-corrected chi connectivity index (χ0v) is 15.1. The summed E-state index contributed by atoms with van der Waals surface area (Å²) in [5.74, 6) is -1.22. The molecule has 1 atom stereocenters. The van der Waals surface area contributed by atoms with Gasteiger partial charge in [-0.1, -0.05) is 64.4 Å². The highest BCUT2D eigenvalue weighted by molar-refractivity contribution is 5.87. The van der Waals surface area contributed by atoms with Gasteiger partial charge in [0.1, 0.15) is 6.04 Å². The molecule has 4 nitrogen and oxygen atoms in total. The molecule has 0 heterocycles. The van der Waals surface area contributed by atoms with Gasteiger partial charge in [0.25, 0.3) is 0 Å². The van der Waals surface area contributed by atoms with Crippen molar-refractivity contribution >= 4 is 11.9 Å². The number of benzene rings is 1. The number of rotatable bonds is 6. The van der Waals surface area contributed by atoms with Crippen molar-refractivity contribution in [3.63, 3.8) is 0 Å². The highest BCUT2D eigenvalue weighted by Gasteiger charge is 2.34. The molecular weight excluding hydrogens is 290 g/mol. The van der Waals surface area contributed by atoms with E-state index in [2.05, 4.69) is 26.1 Å². The fourth-order valence-electron chi connectivity index (χ4n) is 2.92. The second-order valence-corrected chi connectivity index (χ2v) is 8.18. The van der Waals surface area contributed by atoms with Crippen LogP contribution >= 0.6 is 0 Å². The van der Waals surface area contributed by atoms with Gasteiger partial charge in [-0.25, -0.2) is 4.79 Å². The number of hydrogen-bond acceptors (Lipinski definition) is 2. The average Bonchev–Trinajstić information content (AvgIpc) is 2.37. The molecule has 4 heteroatoms. The maximum Gasteiger partial charge on any atom is 0.326 e. The Labute approximate surface area is 139 Å². The summed E-state index contributed by atoms with van der Waals surface area (Å²) in [6, 6.07) is 6.78. The van der Waals surface area contributed by atoms with Gasteiger partial charge in [-0.3, -0.25) is 4.79 Å². The van der Waals surface area contributed by atoms with Crippen LogP contribution in [0.4, 0.5) is 0 Å². The van der Waals surface area contributed by atoms with E-state index in [1.807, 2.05) is 45.0 Å². The monoisotopic (exact) mass is 319 g/mol. The van der Waals surface area contributed by atoms with Gasteiger partial charge in [0.2, 0.25) is 5.91 Å². The van der Waals surface area contributed by atoms with Crippen LogP contribution in [0.5, 0.6) is 0 Å². The maximum atomic E-state index is 12.5. The SMILES string of the molecule is Cc1ccc(CC(NC(=O)C(C)(C)CC(C)(C)C)C(=O)O)cc1. The Morgan fingerprint density at radius 3 is 2.04 bits per heavy atom. The fourth-order valence-corrected chi connectivity index (χ4v) is 2.92. The summed E-state index contributed by atoms with van der Waals surface area (Å²) < 4.78 is 0. The molecule has 1 aromatic rings. The molecule has 2 N–H and O–H groups in total. The molecule has 0 saturated carbocycles. The quantitative estimate of drug-likeness (QED) is 0.842. The highest BCUT2D eigenvalue weighted by atomic mass is 16.4. The van der Waals surface area contributed by atoms with Crippen molar-refractivity contribution in [3.8, 4) is 0 Å². The van der Waals surface area contributed by atoms with Gasteiger partial charge in [-0.2, -0.15) is 0 Å². The Bertz CT molecular complexity index is 553. The molecule has 0 radical (unpaired) electrons. The van der Waals surface area contributed by atoms with Gasteiger partial charge < -0.3 is 10.4 Å². The van der Waals surface area contributed by atoms with Crippen LogP contribution in [-0.2, 0) is 16.0 Å². The molecule has 0 aliphatic rings. The van der Waals surface area contributed by atoms with Crippen LogP contribution in [0.3, 0.4) is 0 Å². The van der Waals surface area contributed by atoms with E-state index < -0.39 is 17.4 Å². The zero-order valence-electron chi connectivity index (χ0n) is 15.1. The van der Waals surface area contributed by atoms with Gasteiger partial charge in [0, 0.05) is 11.8 Å². The Balaban J connectivity index is 2.81. The van der Waals surface area contributed by atoms with Crippen molar-refractivity contribution in [2.24, 2.45) is 10.8 Å². The highest BCUT2D eigenvalue weighted by Crippen LogP contribution is 2.33. The summed E-state index contributed by atoms with van der Waals surface area (Å²) in [6.07, 6.45) is 0.968. The lowest BCUT2D eigenvalue weighted by Crippen LogP contribution is -2.48. The molecule has 0 aliphatic carbocycles. The lowest BCUT2D eigenvalue weighted by Gasteiger charge is -2.32. The Morgan fingerprint density at radius 1 is 1.09 bits per heavy atom. The lowest BCUT2D eigenvalue weighted by molar-refractivity contribution is -0.143. The number of hydrogen-bond donors (Lipinski definition) is 2. The van der Waals surface area contributed by atoms with Crippen LogP contribution in [-0.4, -0.2) is 23.0 Å². The predicted molar refractivity (Wildman–Crippen MR) is 92.3 cm³/mol. The minimum absolute atomic E-state index is 0.00346. The molecule has 128 valence electrons. The Morgan fingerprint density at radius 2 is 1.61 bits per heavy atom. The van der Waals surface area contributed by atoms with Gasteiger partial charge in [0.05, 0.1) is 0 Å². The number of carboxylic acid groups (broad SMARTS) is 1. The number of amides is 1. The molecule has 23 heavy (non-hydrogen) atoms. The minimum atomic E-state index is -1.01. The van der Waals surface area contributed by atoms with Crippen molar-refractivity contribution in [1.82, 2.24) is 5.32 Å². The van der Waals surface area contributed by atoms with Gasteiger partial charge in [-0.05, 0) is 24.3 Å². The number of nitrogens with one attached hydrogen (secondary N) is 1. The second kappa shape index (κ2) is 7.16. The zero-order chi connectivity index (χ0) is 17.8. The molecule has 0 fully saturated rings. The van der Waals surface area contributed by atoms with Gasteiger partial charge in [0.15, 0.2) is 0 Å². The van der Waals surface area contributed by atoms with E-state index >= 15 is 0 Å². The number of carbonyl (C=O) groups is 2. The van der Waals surface area contributed by atoms with Crippen LogP contribution in [0.1, 0.15) is 52.2 Å². The number of aliphatic carboxylic acids is 1. The molecule has 1 aromatic carbocycles. The molecule has 0 aliphatic heterocycles. The summed E-state index contributed by atoms with van der Waals surface area (Å²) in [5.41, 5.74) is 1.41. The average molecular weight is 319 g/mol. The minimum Gasteiger partial charge on any atom is -0.480 e. The smallest absolute Gasteiger partial charge is 0.326 e. The fraction of sp³-hybridized carbons (Fsp3) is 0.579. The van der Waals surface area contributed by atoms with Crippen molar-refractivity contribution < 1.29 is 14.7 Å². The van der Waals surface area contributed by atoms with E-state index in [0.29, 0.717) is 6.42 Å². The standard InChI is InChI=1S/C19H29NO3/c1-13-7-9-14(10-8-13)11-15(16(21)22)20-17(23)19(5,6)12-18(2,3)4/h7-10,15H,11-12H2,1-6H3,(H,20,23)(H,21,22). The molecule has 1 amide bonds. The van der Waals surface area contributed by atoms with Crippen molar-refractivity contribution in [1.29, 1.82) is 0 Å². The number of carboxylic acids is 1. The normalized spacial score (nSPS) is 13.5. The second-order valence-electron chi connectivity index (χ2n) is 8.18. The third kappa shape index (κ3) is 6.43. The molecule has 0 spiro atoms. The van der Waals surface area contributed by atoms with Crippen molar-refractivity contribution in [2.75, 3.05) is 0 Å². The van der Waals surface area contributed by atoms with Crippen molar-refractivity contribution in [3.05, 3.63) is 35.4 Å². The van der Waals surface area contributed by atoms with Crippen molar-refractivity contribution in [2.45, 2.75) is 60.4 Å². The third-order valence-corrected chi connectivity index (χ3v) is 3.75. The van der Waals surface area contributed by atoms with Gasteiger partial charge >= 0.3 is 5.97 Å². The summed E-state index contributed by atoms with van der Waals surface area (Å²) in [7, 11) is 0. The number of carbonyl (C=O) groups excluding carboxylic acids is 1. The molecule has 1 unspecified atom stereocenters. The van der Waals surface area contributed by atoms with Crippen LogP contribution in [0.15, 0.2) is 24.3 Å². The lowest BCUT2D eigenvalue weighted by atomic mass is 9.75. The van der Waals surface area contributed by atoms with Gasteiger partial charge in [-0.15, -0.1) is 0 Å². The topological polar surface area (TPSA) is 66.4 Å². The summed E-state index contributed by atoms with van der Waals surface area (Å²) >= 11 is 0. The van der Waals surface area contributed by atoms with E-state index in [4.69, 9.17) is 0 Å². The summed E-state index contributed by atoms with van der Waals surface area (Å²) in [4.78, 5) is 24.0. The van der Waals surface area contributed by atoms with E-state index in [9.17, 15) is 14.7 Å². The first-order chi connectivity index (χ1) is 10.4. The maximum absolute atomic E-state index is 12.5. The Kier molecular flexibility index (Phi) is 5.98. The third-order valence-electron chi connectivity index (χ3n) is 3.75. The van der Waals surface area contributed by atoms with Crippen LogP contribution in [0, 0.1) is 17.8 Å². The molecule has 0 saturated heterocycles. The van der Waals surface area contributed by atoms with E-state index in [1.54, 1.807) is 0 Å². The summed E-state index contributed by atoms with van der Waals surface area (Å²) in [6.45, 7) is 11.9. The first kappa shape index (κ1) is 19.2. The molecule has 0 aromatic heterocycles. The van der Waals surface area contributed by atoms with Crippen LogP contribution in [0.25, 0.3) is 0 Å². The first-order valence-electron chi connectivity index (χ1n) is 8.00. The van der Waals surface area contributed by atoms with E-state index in [-0.39, 0.29) is 17.7 Å². The van der Waals surface area contributed by atoms with Crippen LogP contribution in [0.2, 0.25) is 0 Å². The first-order valence-corrected chi connectivity index (χ1v) is 8.00. The largest absolute Gasteiger partial charge is 0.480 e. The van der Waals surface area contributed by atoms with E-state index in [0.717, 1.165) is 11.1 Å². The molecule has 0 bridgehead atoms. The van der Waals surface area contributed by atoms with E-state index in [1.165, 1.54) is 0 Å².